The molecule has 0 spiro atoms. The Morgan fingerprint density at radius 2 is 1.80 bits per heavy atom. The summed E-state index contributed by atoms with van der Waals surface area (Å²) in [5.74, 6) is 1.25. The van der Waals surface area contributed by atoms with Crippen molar-refractivity contribution < 1.29 is 18.5 Å². The number of hydrogen-bond donors (Lipinski definition) is 2. The van der Waals surface area contributed by atoms with Crippen molar-refractivity contribution in [3.05, 3.63) is 123 Å². The van der Waals surface area contributed by atoms with E-state index in [4.69, 9.17) is 19.4 Å². The third-order valence-electron chi connectivity index (χ3n) is 7.15. The monoisotopic (exact) mass is 537 g/mol. The molecule has 0 bridgehead atoms. The molecule has 0 fully saturated rings. The number of hydrogen-bond acceptors (Lipinski definition) is 6. The second kappa shape index (κ2) is 11.9. The summed E-state index contributed by atoms with van der Waals surface area (Å²) < 4.78 is 17.6. The van der Waals surface area contributed by atoms with E-state index in [1.807, 2.05) is 68.4 Å². The SMILES string of the molecule is Cc1ccc(C(NC(=O)Cc2ccc3oc(C(OCCN)c4c(C)noc4C)cc3c2)c2ccccc2)c(C)c1. The van der Waals surface area contributed by atoms with E-state index in [-0.39, 0.29) is 18.4 Å². The summed E-state index contributed by atoms with van der Waals surface area (Å²) in [5.41, 5.74) is 13.4. The Labute approximate surface area is 234 Å². The van der Waals surface area contributed by atoms with Crippen LogP contribution in [-0.2, 0) is 16.0 Å². The van der Waals surface area contributed by atoms with Crippen LogP contribution >= 0.6 is 0 Å². The number of aromatic nitrogens is 1. The van der Waals surface area contributed by atoms with Gasteiger partial charge in [-0.25, -0.2) is 0 Å². The van der Waals surface area contributed by atoms with Crippen LogP contribution < -0.4 is 11.1 Å². The molecule has 40 heavy (non-hydrogen) atoms. The van der Waals surface area contributed by atoms with Gasteiger partial charge in [0.25, 0.3) is 0 Å². The number of rotatable bonds is 10. The molecule has 2 atom stereocenters. The quantitative estimate of drug-likeness (QED) is 0.221. The third-order valence-corrected chi connectivity index (χ3v) is 7.15. The summed E-state index contributed by atoms with van der Waals surface area (Å²) >= 11 is 0. The molecule has 0 aliphatic carbocycles. The summed E-state index contributed by atoms with van der Waals surface area (Å²) in [6.45, 7) is 8.64. The first-order valence-electron chi connectivity index (χ1n) is 13.5. The van der Waals surface area contributed by atoms with Crippen molar-refractivity contribution in [1.29, 1.82) is 0 Å². The van der Waals surface area contributed by atoms with E-state index >= 15 is 0 Å². The highest BCUT2D eigenvalue weighted by atomic mass is 16.5. The first kappa shape index (κ1) is 27.4. The van der Waals surface area contributed by atoms with Crippen LogP contribution in [0.4, 0.5) is 0 Å². The molecular formula is C33H35N3O4. The second-order valence-electron chi connectivity index (χ2n) is 10.2. The van der Waals surface area contributed by atoms with Gasteiger partial charge in [-0.05, 0) is 68.1 Å². The van der Waals surface area contributed by atoms with E-state index in [2.05, 4.69) is 42.5 Å². The maximum atomic E-state index is 13.4. The lowest BCUT2D eigenvalue weighted by Crippen LogP contribution is -2.31. The predicted molar refractivity (Wildman–Crippen MR) is 155 cm³/mol. The lowest BCUT2D eigenvalue weighted by molar-refractivity contribution is -0.120. The summed E-state index contributed by atoms with van der Waals surface area (Å²) in [6, 6.07) is 23.9. The minimum Gasteiger partial charge on any atom is -0.458 e. The van der Waals surface area contributed by atoms with E-state index in [0.717, 1.165) is 38.9 Å². The van der Waals surface area contributed by atoms with Crippen LogP contribution in [-0.4, -0.2) is 24.2 Å². The summed E-state index contributed by atoms with van der Waals surface area (Å²) in [5, 5.41) is 8.24. The van der Waals surface area contributed by atoms with Crippen molar-refractivity contribution in [3.63, 3.8) is 0 Å². The third kappa shape index (κ3) is 5.86. The zero-order valence-corrected chi connectivity index (χ0v) is 23.4. The first-order chi connectivity index (χ1) is 19.3. The van der Waals surface area contributed by atoms with Crippen LogP contribution in [0.3, 0.4) is 0 Å². The van der Waals surface area contributed by atoms with E-state index in [0.29, 0.717) is 30.3 Å². The number of aryl methyl sites for hydroxylation is 4. The number of carbonyl (C=O) groups is 1. The zero-order chi connectivity index (χ0) is 28.2. The van der Waals surface area contributed by atoms with Gasteiger partial charge in [0.2, 0.25) is 5.91 Å². The molecule has 0 saturated carbocycles. The number of furan rings is 1. The molecule has 7 nitrogen and oxygen atoms in total. The largest absolute Gasteiger partial charge is 0.458 e. The van der Waals surface area contributed by atoms with Gasteiger partial charge < -0.3 is 24.7 Å². The number of nitrogens with two attached hydrogens (primary N) is 1. The lowest BCUT2D eigenvalue weighted by atomic mass is 9.93. The van der Waals surface area contributed by atoms with Crippen LogP contribution in [0.25, 0.3) is 11.0 Å². The first-order valence-corrected chi connectivity index (χ1v) is 13.5. The highest BCUT2D eigenvalue weighted by Gasteiger charge is 2.26. The summed E-state index contributed by atoms with van der Waals surface area (Å²) in [7, 11) is 0. The number of nitrogens with one attached hydrogen (secondary N) is 1. The molecule has 3 N–H and O–H groups in total. The average molecular weight is 538 g/mol. The van der Waals surface area contributed by atoms with Gasteiger partial charge in [-0.3, -0.25) is 4.79 Å². The standard InChI is InChI=1S/C33H35N3O4/c1-20-10-12-27(21(2)16-20)32(25-8-6-5-7-9-25)35-30(37)18-24-11-13-28-26(17-24)19-29(39-28)33(38-15-14-34)31-22(3)36-40-23(31)4/h5-13,16-17,19,32-33H,14-15,18,34H2,1-4H3,(H,35,37). The molecule has 0 aliphatic rings. The Kier molecular flexibility index (Phi) is 8.14. The van der Waals surface area contributed by atoms with E-state index in [1.54, 1.807) is 0 Å². The molecule has 0 aliphatic heterocycles. The molecule has 2 heterocycles. The highest BCUT2D eigenvalue weighted by molar-refractivity contribution is 5.83. The normalized spacial score (nSPS) is 12.9. The smallest absolute Gasteiger partial charge is 0.225 e. The number of carbonyl (C=O) groups excluding carboxylic acids is 1. The van der Waals surface area contributed by atoms with E-state index < -0.39 is 6.10 Å². The van der Waals surface area contributed by atoms with Gasteiger partial charge in [-0.15, -0.1) is 0 Å². The van der Waals surface area contributed by atoms with Crippen molar-refractivity contribution >= 4 is 16.9 Å². The molecule has 2 unspecified atom stereocenters. The number of nitrogens with zero attached hydrogens (tertiary/aromatic N) is 1. The van der Waals surface area contributed by atoms with Gasteiger partial charge in [0.1, 0.15) is 23.2 Å². The number of fused-ring (bicyclic) bond motifs is 1. The van der Waals surface area contributed by atoms with Crippen LogP contribution in [0.5, 0.6) is 0 Å². The minimum atomic E-state index is -0.488. The summed E-state index contributed by atoms with van der Waals surface area (Å²) in [4.78, 5) is 13.4. The van der Waals surface area contributed by atoms with Gasteiger partial charge in [0.05, 0.1) is 30.3 Å². The fourth-order valence-corrected chi connectivity index (χ4v) is 5.24. The highest BCUT2D eigenvalue weighted by Crippen LogP contribution is 2.35. The minimum absolute atomic E-state index is 0.0585. The van der Waals surface area contributed by atoms with Crippen LogP contribution in [0.2, 0.25) is 0 Å². The van der Waals surface area contributed by atoms with Gasteiger partial charge in [0.15, 0.2) is 0 Å². The maximum absolute atomic E-state index is 13.4. The van der Waals surface area contributed by atoms with Crippen LogP contribution in [0.15, 0.2) is 81.7 Å². The van der Waals surface area contributed by atoms with Crippen molar-refractivity contribution in [2.24, 2.45) is 5.73 Å². The van der Waals surface area contributed by atoms with Gasteiger partial charge in [-0.1, -0.05) is 65.3 Å². The van der Waals surface area contributed by atoms with Crippen molar-refractivity contribution in [2.75, 3.05) is 13.2 Å². The molecule has 0 radical (unpaired) electrons. The van der Waals surface area contributed by atoms with Crippen molar-refractivity contribution in [3.8, 4) is 0 Å². The zero-order valence-electron chi connectivity index (χ0n) is 23.4. The van der Waals surface area contributed by atoms with Gasteiger partial charge in [-0.2, -0.15) is 0 Å². The van der Waals surface area contributed by atoms with E-state index in [9.17, 15) is 4.79 Å². The molecule has 7 heteroatoms. The fraction of sp³-hybridized carbons (Fsp3) is 0.273. The molecule has 0 saturated heterocycles. The topological polar surface area (TPSA) is 104 Å². The van der Waals surface area contributed by atoms with Crippen molar-refractivity contribution in [1.82, 2.24) is 10.5 Å². The molecule has 1 amide bonds. The number of ether oxygens (including phenoxy) is 1. The second-order valence-corrected chi connectivity index (χ2v) is 10.2. The molecule has 206 valence electrons. The Hall–Kier alpha value is -4.20. The molecule has 3 aromatic carbocycles. The summed E-state index contributed by atoms with van der Waals surface area (Å²) in [6.07, 6.45) is -0.250. The molecule has 5 aromatic rings. The van der Waals surface area contributed by atoms with Gasteiger partial charge in [0, 0.05) is 11.9 Å². The molecule has 5 rings (SSSR count). The fourth-order valence-electron chi connectivity index (χ4n) is 5.24. The number of amides is 1. The molecular weight excluding hydrogens is 502 g/mol. The Balaban J connectivity index is 1.39. The predicted octanol–water partition coefficient (Wildman–Crippen LogP) is 6.17. The van der Waals surface area contributed by atoms with Crippen molar-refractivity contribution in [2.45, 2.75) is 46.3 Å². The molecule has 2 aromatic heterocycles. The lowest BCUT2D eigenvalue weighted by Gasteiger charge is -2.22. The van der Waals surface area contributed by atoms with Crippen LogP contribution in [0, 0.1) is 27.7 Å². The van der Waals surface area contributed by atoms with E-state index in [1.165, 1.54) is 5.56 Å². The Morgan fingerprint density at radius 3 is 2.50 bits per heavy atom. The Morgan fingerprint density at radius 1 is 1.00 bits per heavy atom. The Bertz CT molecular complexity index is 1600. The average Bonchev–Trinajstić information content (AvgIpc) is 3.51. The maximum Gasteiger partial charge on any atom is 0.225 e. The number of benzene rings is 3. The van der Waals surface area contributed by atoms with Gasteiger partial charge >= 0.3 is 0 Å². The van der Waals surface area contributed by atoms with Crippen LogP contribution in [0.1, 0.15) is 62.7 Å².